The van der Waals surface area contributed by atoms with E-state index in [9.17, 15) is 13.6 Å². The normalized spacial score (nSPS) is 10.5. The summed E-state index contributed by atoms with van der Waals surface area (Å²) in [6, 6.07) is 9.74. The first-order chi connectivity index (χ1) is 11.6. The Balaban J connectivity index is 1.86. The van der Waals surface area contributed by atoms with Crippen molar-refractivity contribution >= 4 is 22.2 Å². The van der Waals surface area contributed by atoms with Crippen molar-refractivity contribution in [2.75, 3.05) is 12.4 Å². The number of ether oxygens (including phenoxy) is 1. The van der Waals surface area contributed by atoms with E-state index < -0.39 is 11.7 Å². The highest BCUT2D eigenvalue weighted by molar-refractivity contribution is 7.14. The van der Waals surface area contributed by atoms with Crippen LogP contribution >= 0.6 is 11.3 Å². The molecule has 0 saturated heterocycles. The molecular formula is C17H12F2N2O2S. The topological polar surface area (TPSA) is 51.2 Å². The zero-order chi connectivity index (χ0) is 17.1. The van der Waals surface area contributed by atoms with Crippen LogP contribution in [0.1, 0.15) is 10.4 Å². The summed E-state index contributed by atoms with van der Waals surface area (Å²) in [5, 5.41) is 3.10. The summed E-state index contributed by atoms with van der Waals surface area (Å²) in [5.74, 6) is -1.31. The Morgan fingerprint density at radius 1 is 1.17 bits per heavy atom. The Hall–Kier alpha value is -2.80. The van der Waals surface area contributed by atoms with E-state index >= 15 is 0 Å². The highest BCUT2D eigenvalue weighted by Crippen LogP contribution is 2.31. The van der Waals surface area contributed by atoms with Crippen molar-refractivity contribution in [3.63, 3.8) is 0 Å². The third-order valence-corrected chi connectivity index (χ3v) is 4.07. The highest BCUT2D eigenvalue weighted by Gasteiger charge is 2.16. The van der Waals surface area contributed by atoms with Gasteiger partial charge in [-0.05, 0) is 36.4 Å². The zero-order valence-corrected chi connectivity index (χ0v) is 13.4. The quantitative estimate of drug-likeness (QED) is 0.764. The Morgan fingerprint density at radius 3 is 2.58 bits per heavy atom. The van der Waals surface area contributed by atoms with Gasteiger partial charge in [0.25, 0.3) is 5.91 Å². The monoisotopic (exact) mass is 346 g/mol. The van der Waals surface area contributed by atoms with E-state index in [0.717, 1.165) is 6.07 Å². The minimum absolute atomic E-state index is 0.103. The molecule has 7 heteroatoms. The minimum atomic E-state index is -0.681. The van der Waals surface area contributed by atoms with E-state index in [1.165, 1.54) is 42.7 Å². The van der Waals surface area contributed by atoms with Gasteiger partial charge < -0.3 is 10.1 Å². The lowest BCUT2D eigenvalue weighted by Crippen LogP contribution is -2.13. The first-order valence-corrected chi connectivity index (χ1v) is 7.81. The van der Waals surface area contributed by atoms with Gasteiger partial charge in [-0.15, -0.1) is 11.3 Å². The van der Waals surface area contributed by atoms with Gasteiger partial charge in [-0.1, -0.05) is 0 Å². The molecule has 1 heterocycles. The molecule has 0 radical (unpaired) electrons. The molecule has 0 aliphatic rings. The van der Waals surface area contributed by atoms with E-state index in [4.69, 9.17) is 4.74 Å². The maximum Gasteiger partial charge on any atom is 0.259 e. The molecule has 0 fully saturated rings. The van der Waals surface area contributed by atoms with Crippen LogP contribution in [0.3, 0.4) is 0 Å². The molecular weight excluding hydrogens is 334 g/mol. The third-order valence-electron chi connectivity index (χ3n) is 3.33. The molecule has 0 atom stereocenters. The molecule has 0 aliphatic carbocycles. The summed E-state index contributed by atoms with van der Waals surface area (Å²) in [4.78, 5) is 16.5. The van der Waals surface area contributed by atoms with Crippen LogP contribution in [0.4, 0.5) is 13.8 Å². The van der Waals surface area contributed by atoms with Crippen LogP contribution in [0, 0.1) is 11.6 Å². The van der Waals surface area contributed by atoms with Crippen molar-refractivity contribution in [1.82, 2.24) is 4.98 Å². The number of methoxy groups -OCH3 is 1. The number of halogens is 2. The third kappa shape index (κ3) is 3.26. The van der Waals surface area contributed by atoms with Gasteiger partial charge in [0.15, 0.2) is 0 Å². The van der Waals surface area contributed by atoms with Crippen LogP contribution in [0.2, 0.25) is 0 Å². The molecule has 1 aromatic heterocycles. The Kier molecular flexibility index (Phi) is 4.52. The van der Waals surface area contributed by atoms with Crippen molar-refractivity contribution in [2.24, 2.45) is 0 Å². The van der Waals surface area contributed by atoms with Crippen molar-refractivity contribution < 1.29 is 18.3 Å². The van der Waals surface area contributed by atoms with Gasteiger partial charge in [-0.2, -0.15) is 0 Å². The number of benzene rings is 2. The van der Waals surface area contributed by atoms with Crippen LogP contribution in [0.5, 0.6) is 5.75 Å². The van der Waals surface area contributed by atoms with E-state index in [1.54, 1.807) is 17.6 Å². The van der Waals surface area contributed by atoms with Gasteiger partial charge >= 0.3 is 0 Å². The molecule has 0 unspecified atom stereocenters. The van der Waals surface area contributed by atoms with Crippen LogP contribution in [0.15, 0.2) is 48.0 Å². The number of rotatable bonds is 4. The van der Waals surface area contributed by atoms with Crippen LogP contribution < -0.4 is 10.1 Å². The van der Waals surface area contributed by atoms with E-state index in [0.29, 0.717) is 22.0 Å². The number of carbonyl (C=O) groups excluding carboxylic acids is 1. The molecule has 1 amide bonds. The number of anilines is 1. The fraction of sp³-hybridized carbons (Fsp3) is 0.0588. The molecule has 24 heavy (non-hydrogen) atoms. The van der Waals surface area contributed by atoms with Crippen molar-refractivity contribution in [2.45, 2.75) is 0 Å². The number of hydrogen-bond acceptors (Lipinski definition) is 4. The predicted molar refractivity (Wildman–Crippen MR) is 88.4 cm³/mol. The van der Waals surface area contributed by atoms with Crippen LogP contribution in [-0.2, 0) is 0 Å². The van der Waals surface area contributed by atoms with Gasteiger partial charge in [0.2, 0.25) is 0 Å². The Bertz CT molecular complexity index is 879. The molecule has 122 valence electrons. The Labute approximate surface area is 140 Å². The lowest BCUT2D eigenvalue weighted by atomic mass is 10.1. The largest absolute Gasteiger partial charge is 0.497 e. The molecule has 3 aromatic rings. The molecule has 0 aliphatic heterocycles. The smallest absolute Gasteiger partial charge is 0.259 e. The summed E-state index contributed by atoms with van der Waals surface area (Å²) in [5.41, 5.74) is 2.61. The van der Waals surface area contributed by atoms with E-state index in [2.05, 4.69) is 10.3 Å². The molecule has 4 nitrogen and oxygen atoms in total. The standard InChI is InChI=1S/C17H12F2N2O2S/c1-23-12-6-7-13(14(19)8-12)16(22)21-17-15(20-9-24-17)10-2-4-11(18)5-3-10/h2-9H,1H3,(H,21,22). The van der Waals surface area contributed by atoms with E-state index in [-0.39, 0.29) is 11.4 Å². The van der Waals surface area contributed by atoms with Crippen molar-refractivity contribution in [1.29, 1.82) is 0 Å². The number of carbonyl (C=O) groups is 1. The second-order valence-electron chi connectivity index (χ2n) is 4.84. The molecule has 3 rings (SSSR count). The minimum Gasteiger partial charge on any atom is -0.497 e. The summed E-state index contributed by atoms with van der Waals surface area (Å²) in [6.07, 6.45) is 0. The lowest BCUT2D eigenvalue weighted by Gasteiger charge is -2.07. The number of nitrogens with zero attached hydrogens (tertiary/aromatic N) is 1. The number of aromatic nitrogens is 1. The van der Waals surface area contributed by atoms with Gasteiger partial charge in [-0.25, -0.2) is 13.8 Å². The van der Waals surface area contributed by atoms with Crippen molar-refractivity contribution in [3.05, 3.63) is 65.2 Å². The van der Waals surface area contributed by atoms with Gasteiger partial charge in [0, 0.05) is 11.6 Å². The summed E-state index contributed by atoms with van der Waals surface area (Å²) in [6.45, 7) is 0. The Morgan fingerprint density at radius 2 is 1.92 bits per heavy atom. The average Bonchev–Trinajstić information content (AvgIpc) is 3.03. The summed E-state index contributed by atoms with van der Waals surface area (Å²) >= 11 is 1.20. The first kappa shape index (κ1) is 16.1. The summed E-state index contributed by atoms with van der Waals surface area (Å²) in [7, 11) is 1.42. The molecule has 2 aromatic carbocycles. The zero-order valence-electron chi connectivity index (χ0n) is 12.5. The fourth-order valence-corrected chi connectivity index (χ4v) is 2.82. The number of amides is 1. The molecule has 0 saturated carbocycles. The van der Waals surface area contributed by atoms with Gasteiger partial charge in [0.05, 0.1) is 18.2 Å². The number of thiazole rings is 1. The maximum absolute atomic E-state index is 14.0. The van der Waals surface area contributed by atoms with Crippen LogP contribution in [0.25, 0.3) is 11.3 Å². The maximum atomic E-state index is 14.0. The average molecular weight is 346 g/mol. The highest BCUT2D eigenvalue weighted by atomic mass is 32.1. The fourth-order valence-electron chi connectivity index (χ4n) is 2.13. The van der Waals surface area contributed by atoms with Crippen molar-refractivity contribution in [3.8, 4) is 17.0 Å². The molecule has 0 bridgehead atoms. The number of nitrogens with one attached hydrogen (secondary N) is 1. The van der Waals surface area contributed by atoms with Gasteiger partial charge in [0.1, 0.15) is 28.1 Å². The molecule has 1 N–H and O–H groups in total. The summed E-state index contributed by atoms with van der Waals surface area (Å²) < 4.78 is 31.9. The first-order valence-electron chi connectivity index (χ1n) is 6.93. The predicted octanol–water partition coefficient (Wildman–Crippen LogP) is 4.35. The van der Waals surface area contributed by atoms with E-state index in [1.807, 2.05) is 0 Å². The van der Waals surface area contributed by atoms with Gasteiger partial charge in [-0.3, -0.25) is 4.79 Å². The second kappa shape index (κ2) is 6.76. The number of hydrogen-bond donors (Lipinski definition) is 1. The SMILES string of the molecule is COc1ccc(C(=O)Nc2scnc2-c2ccc(F)cc2)c(F)c1. The lowest BCUT2D eigenvalue weighted by molar-refractivity contribution is 0.102. The second-order valence-corrected chi connectivity index (χ2v) is 5.69. The van der Waals surface area contributed by atoms with Crippen LogP contribution in [-0.4, -0.2) is 18.0 Å². The molecule has 0 spiro atoms.